The van der Waals surface area contributed by atoms with E-state index < -0.39 is 38.2 Å². The molecule has 2 aliphatic rings. The minimum absolute atomic E-state index is 0.0992. The molecule has 1 aliphatic heterocycles. The van der Waals surface area contributed by atoms with Crippen molar-refractivity contribution in [2.45, 2.75) is 62.3 Å². The van der Waals surface area contributed by atoms with Crippen molar-refractivity contribution in [3.05, 3.63) is 70.8 Å². The van der Waals surface area contributed by atoms with E-state index in [4.69, 9.17) is 11.0 Å². The Labute approximate surface area is 198 Å². The second-order valence-electron chi connectivity index (χ2n) is 9.42. The molecule has 6 nitrogen and oxygen atoms in total. The van der Waals surface area contributed by atoms with Gasteiger partial charge in [-0.25, -0.2) is 17.2 Å². The van der Waals surface area contributed by atoms with Crippen LogP contribution in [0, 0.1) is 28.9 Å². The molecule has 1 aliphatic carbocycles. The van der Waals surface area contributed by atoms with Crippen LogP contribution in [0.3, 0.4) is 0 Å². The monoisotopic (exact) mass is 487 g/mol. The average molecular weight is 488 g/mol. The SMILES string of the molecule is C[C@H]1CC[C@H](c2ccccc2)S(=O)(=O)N1Cc1cc(F)c(C2(C(N)=O)CC(CC#N)C2)cc1F. The lowest BCUT2D eigenvalue weighted by molar-refractivity contribution is -0.128. The van der Waals surface area contributed by atoms with Gasteiger partial charge in [0.1, 0.15) is 16.9 Å². The Morgan fingerprint density at radius 2 is 1.85 bits per heavy atom. The van der Waals surface area contributed by atoms with Gasteiger partial charge in [-0.05, 0) is 56.2 Å². The largest absolute Gasteiger partial charge is 0.369 e. The number of primary amides is 1. The third kappa shape index (κ3) is 4.10. The lowest BCUT2D eigenvalue weighted by Gasteiger charge is -2.45. The first kappa shape index (κ1) is 24.3. The van der Waals surface area contributed by atoms with Crippen molar-refractivity contribution in [2.24, 2.45) is 11.7 Å². The summed E-state index contributed by atoms with van der Waals surface area (Å²) in [6, 6.07) is 12.5. The lowest BCUT2D eigenvalue weighted by Crippen LogP contribution is -2.51. The summed E-state index contributed by atoms with van der Waals surface area (Å²) in [6.45, 7) is 1.45. The fraction of sp³-hybridized carbons (Fsp3) is 0.440. The van der Waals surface area contributed by atoms with Gasteiger partial charge in [-0.3, -0.25) is 4.79 Å². The van der Waals surface area contributed by atoms with Crippen LogP contribution in [0.1, 0.15) is 61.0 Å². The Balaban J connectivity index is 1.64. The minimum Gasteiger partial charge on any atom is -0.369 e. The van der Waals surface area contributed by atoms with Crippen LogP contribution in [0.15, 0.2) is 42.5 Å². The Kier molecular flexibility index (Phi) is 6.49. The van der Waals surface area contributed by atoms with Gasteiger partial charge in [0, 0.05) is 30.1 Å². The van der Waals surface area contributed by atoms with Crippen molar-refractivity contribution in [3.63, 3.8) is 0 Å². The van der Waals surface area contributed by atoms with Crippen LogP contribution in [-0.2, 0) is 26.8 Å². The smallest absolute Gasteiger partial charge is 0.228 e. The molecule has 0 bridgehead atoms. The van der Waals surface area contributed by atoms with Crippen LogP contribution in [0.4, 0.5) is 8.78 Å². The first-order valence-electron chi connectivity index (χ1n) is 11.3. The van der Waals surface area contributed by atoms with E-state index in [0.717, 1.165) is 12.1 Å². The Morgan fingerprint density at radius 3 is 2.47 bits per heavy atom. The van der Waals surface area contributed by atoms with Crippen molar-refractivity contribution in [1.82, 2.24) is 4.31 Å². The van der Waals surface area contributed by atoms with Gasteiger partial charge >= 0.3 is 0 Å². The zero-order valence-corrected chi connectivity index (χ0v) is 19.7. The van der Waals surface area contributed by atoms with Gasteiger partial charge < -0.3 is 5.73 Å². The number of nitrogens with zero attached hydrogens (tertiary/aromatic N) is 2. The number of amides is 1. The summed E-state index contributed by atoms with van der Waals surface area (Å²) in [5.74, 6) is -2.45. The van der Waals surface area contributed by atoms with E-state index in [1.807, 2.05) is 12.1 Å². The number of benzene rings is 2. The molecular formula is C25H27F2N3O3S. The van der Waals surface area contributed by atoms with E-state index >= 15 is 8.78 Å². The lowest BCUT2D eigenvalue weighted by atomic mass is 9.57. The zero-order chi connectivity index (χ0) is 24.7. The first-order chi connectivity index (χ1) is 16.1. The van der Waals surface area contributed by atoms with E-state index in [1.165, 1.54) is 4.31 Å². The summed E-state index contributed by atoms with van der Waals surface area (Å²) in [6.07, 6.45) is 1.62. The molecule has 180 valence electrons. The van der Waals surface area contributed by atoms with Crippen LogP contribution in [0.2, 0.25) is 0 Å². The topological polar surface area (TPSA) is 104 Å². The molecule has 0 spiro atoms. The molecule has 2 N–H and O–H groups in total. The number of halogens is 2. The molecule has 34 heavy (non-hydrogen) atoms. The summed E-state index contributed by atoms with van der Waals surface area (Å²) in [5.41, 5.74) is 4.64. The molecule has 9 heteroatoms. The van der Waals surface area contributed by atoms with Crippen LogP contribution in [0.25, 0.3) is 0 Å². The van der Waals surface area contributed by atoms with Crippen molar-refractivity contribution in [2.75, 3.05) is 0 Å². The van der Waals surface area contributed by atoms with Crippen molar-refractivity contribution in [1.29, 1.82) is 5.26 Å². The summed E-state index contributed by atoms with van der Waals surface area (Å²) in [7, 11) is -3.81. The zero-order valence-electron chi connectivity index (χ0n) is 18.9. The first-order valence-corrected chi connectivity index (χ1v) is 12.8. The molecule has 1 saturated heterocycles. The quantitative estimate of drug-likeness (QED) is 0.663. The highest BCUT2D eigenvalue weighted by atomic mass is 32.2. The number of carbonyl (C=O) groups excluding carboxylic acids is 1. The average Bonchev–Trinajstić information content (AvgIpc) is 2.76. The van der Waals surface area contributed by atoms with Crippen LogP contribution in [-0.4, -0.2) is 24.7 Å². The standard InChI is InChI=1S/C25H27F2N3O3S/c1-16-7-8-23(18-5-3-2-4-6-18)34(32,33)30(16)15-19-11-22(27)20(12-21(19)26)25(24(29)31)13-17(14-25)9-10-28/h2-6,11-12,16-17,23H,7-9,13-15H2,1H3,(H2,29,31)/t16-,17?,23+,25?/m0/s1. The highest BCUT2D eigenvalue weighted by Gasteiger charge is 2.51. The van der Waals surface area contributed by atoms with E-state index in [2.05, 4.69) is 0 Å². The Hall–Kier alpha value is -2.83. The predicted octanol–water partition coefficient (Wildman–Crippen LogP) is 4.07. The van der Waals surface area contributed by atoms with E-state index in [1.54, 1.807) is 31.2 Å². The van der Waals surface area contributed by atoms with Gasteiger partial charge in [-0.1, -0.05) is 30.3 Å². The van der Waals surface area contributed by atoms with E-state index in [-0.39, 0.29) is 48.9 Å². The second kappa shape index (κ2) is 9.08. The summed E-state index contributed by atoms with van der Waals surface area (Å²) < 4.78 is 58.5. The second-order valence-corrected chi connectivity index (χ2v) is 11.5. The van der Waals surface area contributed by atoms with Gasteiger partial charge in [0.2, 0.25) is 15.9 Å². The van der Waals surface area contributed by atoms with E-state index in [9.17, 15) is 13.2 Å². The number of rotatable bonds is 6. The molecule has 0 unspecified atom stereocenters. The molecule has 1 heterocycles. The fourth-order valence-electron chi connectivity index (χ4n) is 5.35. The molecule has 2 aromatic rings. The predicted molar refractivity (Wildman–Crippen MR) is 123 cm³/mol. The third-order valence-corrected chi connectivity index (χ3v) is 9.67. The molecule has 4 rings (SSSR count). The highest BCUT2D eigenvalue weighted by molar-refractivity contribution is 7.89. The number of nitriles is 1. The maximum absolute atomic E-state index is 15.2. The van der Waals surface area contributed by atoms with E-state index in [0.29, 0.717) is 18.4 Å². The molecule has 1 amide bonds. The molecule has 2 fully saturated rings. The summed E-state index contributed by atoms with van der Waals surface area (Å²) >= 11 is 0. The van der Waals surface area contributed by atoms with Crippen LogP contribution in [0.5, 0.6) is 0 Å². The minimum atomic E-state index is -3.81. The number of carbonyl (C=O) groups is 1. The maximum atomic E-state index is 15.2. The number of hydrogen-bond acceptors (Lipinski definition) is 4. The Bertz CT molecular complexity index is 1240. The molecular weight excluding hydrogens is 460 g/mol. The molecule has 0 radical (unpaired) electrons. The number of nitrogens with two attached hydrogens (primary N) is 1. The van der Waals surface area contributed by atoms with Crippen molar-refractivity contribution >= 4 is 15.9 Å². The summed E-state index contributed by atoms with van der Waals surface area (Å²) in [5, 5.41) is 8.13. The Morgan fingerprint density at radius 1 is 1.18 bits per heavy atom. The fourth-order valence-corrected chi connectivity index (χ4v) is 7.54. The summed E-state index contributed by atoms with van der Waals surface area (Å²) in [4.78, 5) is 12.2. The highest BCUT2D eigenvalue weighted by Crippen LogP contribution is 2.50. The third-order valence-electron chi connectivity index (χ3n) is 7.30. The number of hydrogen-bond donors (Lipinski definition) is 1. The molecule has 0 aromatic heterocycles. The number of sulfonamides is 1. The molecule has 1 saturated carbocycles. The van der Waals surface area contributed by atoms with Gasteiger partial charge in [0.05, 0.1) is 11.5 Å². The molecule has 2 aromatic carbocycles. The van der Waals surface area contributed by atoms with Gasteiger partial charge in [-0.15, -0.1) is 0 Å². The van der Waals surface area contributed by atoms with Crippen LogP contribution >= 0.6 is 0 Å². The molecule has 2 atom stereocenters. The maximum Gasteiger partial charge on any atom is 0.228 e. The van der Waals surface area contributed by atoms with Gasteiger partial charge in [-0.2, -0.15) is 9.57 Å². The van der Waals surface area contributed by atoms with Gasteiger partial charge in [0.15, 0.2) is 0 Å². The van der Waals surface area contributed by atoms with Crippen LogP contribution < -0.4 is 5.73 Å². The van der Waals surface area contributed by atoms with Crippen molar-refractivity contribution < 1.29 is 22.0 Å². The van der Waals surface area contributed by atoms with Gasteiger partial charge in [0.25, 0.3) is 0 Å². The normalized spacial score (nSPS) is 28.6. The van der Waals surface area contributed by atoms with Crippen molar-refractivity contribution in [3.8, 4) is 6.07 Å².